The first-order chi connectivity index (χ1) is 4.35. The molecule has 1 atom stereocenters. The molecule has 0 bridgehead atoms. The van der Waals surface area contributed by atoms with E-state index in [1.807, 2.05) is 0 Å². The molecule has 0 aliphatic carbocycles. The third kappa shape index (κ3) is 6.58. The van der Waals surface area contributed by atoms with Gasteiger partial charge in [-0.2, -0.15) is 0 Å². The van der Waals surface area contributed by atoms with Gasteiger partial charge in [0, 0.05) is 6.61 Å². The van der Waals surface area contributed by atoms with Crippen LogP contribution in [0.5, 0.6) is 0 Å². The van der Waals surface area contributed by atoms with E-state index >= 15 is 0 Å². The second-order valence-electron chi connectivity index (χ2n) is 2.60. The summed E-state index contributed by atoms with van der Waals surface area (Å²) in [5, 5.41) is 8.75. The molecular formula is C8H18CoO+3. The molecule has 0 fully saturated rings. The van der Waals surface area contributed by atoms with Crippen LogP contribution in [0.1, 0.15) is 39.5 Å². The maximum atomic E-state index is 8.75. The Morgan fingerprint density at radius 1 is 1.30 bits per heavy atom. The Bertz CT molecular complexity index is 53.2. The van der Waals surface area contributed by atoms with Gasteiger partial charge in [0.25, 0.3) is 0 Å². The Hall–Kier alpha value is 0.466. The molecule has 0 radical (unpaired) electrons. The van der Waals surface area contributed by atoms with Crippen molar-refractivity contribution in [3.05, 3.63) is 0 Å². The van der Waals surface area contributed by atoms with Crippen LogP contribution in [0.4, 0.5) is 0 Å². The summed E-state index contributed by atoms with van der Waals surface area (Å²) >= 11 is 0. The minimum absolute atomic E-state index is 0. The minimum Gasteiger partial charge on any atom is -0.396 e. The Balaban J connectivity index is 0. The van der Waals surface area contributed by atoms with Gasteiger partial charge in [-0.3, -0.25) is 0 Å². The molecule has 2 heteroatoms. The maximum absolute atomic E-state index is 8.75. The SMILES string of the molecule is CCCCC(CC)CO.[Co+3]. The van der Waals surface area contributed by atoms with Crippen LogP contribution in [0.25, 0.3) is 0 Å². The van der Waals surface area contributed by atoms with Crippen LogP contribution < -0.4 is 0 Å². The van der Waals surface area contributed by atoms with Crippen LogP contribution in [-0.2, 0) is 16.8 Å². The average molecular weight is 189 g/mol. The monoisotopic (exact) mass is 189 g/mol. The molecule has 0 aromatic heterocycles. The van der Waals surface area contributed by atoms with Crippen molar-refractivity contribution in [3.8, 4) is 0 Å². The van der Waals surface area contributed by atoms with Crippen LogP contribution >= 0.6 is 0 Å². The van der Waals surface area contributed by atoms with E-state index in [9.17, 15) is 0 Å². The molecule has 1 nitrogen and oxygen atoms in total. The van der Waals surface area contributed by atoms with Crippen molar-refractivity contribution in [2.75, 3.05) is 6.61 Å². The van der Waals surface area contributed by atoms with Crippen molar-refractivity contribution in [2.45, 2.75) is 39.5 Å². The molecule has 0 saturated carbocycles. The van der Waals surface area contributed by atoms with Crippen LogP contribution in [-0.4, -0.2) is 11.7 Å². The molecule has 0 rings (SSSR count). The number of aliphatic hydroxyl groups excluding tert-OH is 1. The van der Waals surface area contributed by atoms with Gasteiger partial charge < -0.3 is 5.11 Å². The molecule has 1 unspecified atom stereocenters. The number of unbranched alkanes of at least 4 members (excludes halogenated alkanes) is 1. The summed E-state index contributed by atoms with van der Waals surface area (Å²) < 4.78 is 0. The van der Waals surface area contributed by atoms with Crippen molar-refractivity contribution >= 4 is 0 Å². The standard InChI is InChI=1S/C8H18O.Co/c1-3-5-6-8(4-2)7-9;/h8-9H,3-7H2,1-2H3;/q;+3. The molecule has 1 N–H and O–H groups in total. The number of hydrogen-bond acceptors (Lipinski definition) is 1. The van der Waals surface area contributed by atoms with Gasteiger partial charge in [-0.05, 0) is 12.3 Å². The van der Waals surface area contributed by atoms with Gasteiger partial charge in [-0.1, -0.05) is 33.1 Å². The van der Waals surface area contributed by atoms with Gasteiger partial charge in [0.05, 0.1) is 0 Å². The third-order valence-electron chi connectivity index (χ3n) is 1.80. The van der Waals surface area contributed by atoms with Crippen molar-refractivity contribution in [2.24, 2.45) is 5.92 Å². The van der Waals surface area contributed by atoms with Gasteiger partial charge in [-0.15, -0.1) is 0 Å². The molecule has 62 valence electrons. The smallest absolute Gasteiger partial charge is 0.396 e. The predicted octanol–water partition coefficient (Wildman–Crippen LogP) is 2.19. The number of rotatable bonds is 5. The zero-order valence-electron chi connectivity index (χ0n) is 6.89. The molecular weight excluding hydrogens is 171 g/mol. The Labute approximate surface area is 74.4 Å². The number of aliphatic hydroxyl groups is 1. The van der Waals surface area contributed by atoms with Crippen LogP contribution in [0.15, 0.2) is 0 Å². The largest absolute Gasteiger partial charge is 3.00 e. The normalized spacial score (nSPS) is 12.3. The van der Waals surface area contributed by atoms with Gasteiger partial charge in [0.15, 0.2) is 0 Å². The quantitative estimate of drug-likeness (QED) is 0.702. The summed E-state index contributed by atoms with van der Waals surface area (Å²) in [6.07, 6.45) is 4.83. The fourth-order valence-corrected chi connectivity index (χ4v) is 0.917. The molecule has 0 amide bonds. The fraction of sp³-hybridized carbons (Fsp3) is 1.00. The van der Waals surface area contributed by atoms with Crippen molar-refractivity contribution in [3.63, 3.8) is 0 Å². The summed E-state index contributed by atoms with van der Waals surface area (Å²) in [6, 6.07) is 0. The van der Waals surface area contributed by atoms with Crippen LogP contribution in [0.2, 0.25) is 0 Å². The van der Waals surface area contributed by atoms with E-state index in [4.69, 9.17) is 5.11 Å². The van der Waals surface area contributed by atoms with Gasteiger partial charge in [0.1, 0.15) is 0 Å². The van der Waals surface area contributed by atoms with Crippen molar-refractivity contribution in [1.82, 2.24) is 0 Å². The average Bonchev–Trinajstić information content (AvgIpc) is 1.91. The second-order valence-corrected chi connectivity index (χ2v) is 2.60. The van der Waals surface area contributed by atoms with E-state index < -0.39 is 0 Å². The first kappa shape index (κ1) is 13.1. The van der Waals surface area contributed by atoms with E-state index in [-0.39, 0.29) is 16.8 Å². The van der Waals surface area contributed by atoms with E-state index in [1.165, 1.54) is 19.3 Å². The first-order valence-electron chi connectivity index (χ1n) is 3.96. The van der Waals surface area contributed by atoms with E-state index in [0.717, 1.165) is 6.42 Å². The Morgan fingerprint density at radius 3 is 2.20 bits per heavy atom. The molecule has 0 aliphatic rings. The molecule has 0 aliphatic heterocycles. The molecule has 0 heterocycles. The Kier molecular flexibility index (Phi) is 12.4. The summed E-state index contributed by atoms with van der Waals surface area (Å²) in [4.78, 5) is 0. The number of hydrogen-bond donors (Lipinski definition) is 1. The van der Waals surface area contributed by atoms with Gasteiger partial charge >= 0.3 is 16.8 Å². The van der Waals surface area contributed by atoms with Gasteiger partial charge in [-0.25, -0.2) is 0 Å². The minimum atomic E-state index is 0. The molecule has 0 aromatic rings. The van der Waals surface area contributed by atoms with Crippen LogP contribution in [0, 0.1) is 5.92 Å². The zero-order valence-corrected chi connectivity index (χ0v) is 7.93. The van der Waals surface area contributed by atoms with E-state index in [0.29, 0.717) is 12.5 Å². The fourth-order valence-electron chi connectivity index (χ4n) is 0.917. The van der Waals surface area contributed by atoms with Crippen molar-refractivity contribution in [1.29, 1.82) is 0 Å². The van der Waals surface area contributed by atoms with Crippen molar-refractivity contribution < 1.29 is 21.9 Å². The molecule has 0 aromatic carbocycles. The Morgan fingerprint density at radius 2 is 1.90 bits per heavy atom. The molecule has 0 saturated heterocycles. The topological polar surface area (TPSA) is 20.2 Å². The third-order valence-corrected chi connectivity index (χ3v) is 1.80. The van der Waals surface area contributed by atoms with Crippen LogP contribution in [0.3, 0.4) is 0 Å². The summed E-state index contributed by atoms with van der Waals surface area (Å²) in [6.45, 7) is 4.69. The first-order valence-corrected chi connectivity index (χ1v) is 3.96. The second kappa shape index (κ2) is 9.47. The maximum Gasteiger partial charge on any atom is 3.00 e. The zero-order chi connectivity index (χ0) is 7.11. The summed E-state index contributed by atoms with van der Waals surface area (Å²) in [5.74, 6) is 0.560. The molecule has 10 heavy (non-hydrogen) atoms. The molecule has 0 spiro atoms. The van der Waals surface area contributed by atoms with Gasteiger partial charge in [0.2, 0.25) is 0 Å². The predicted molar refractivity (Wildman–Crippen MR) is 40.4 cm³/mol. The van der Waals surface area contributed by atoms with E-state index in [1.54, 1.807) is 0 Å². The van der Waals surface area contributed by atoms with E-state index in [2.05, 4.69) is 13.8 Å². The summed E-state index contributed by atoms with van der Waals surface area (Å²) in [7, 11) is 0. The summed E-state index contributed by atoms with van der Waals surface area (Å²) in [5.41, 5.74) is 0.